The van der Waals surface area contributed by atoms with Gasteiger partial charge in [-0.25, -0.2) is 0 Å². The Morgan fingerprint density at radius 1 is 0.700 bits per heavy atom. The summed E-state index contributed by atoms with van der Waals surface area (Å²) in [5.74, 6) is -0.615. The van der Waals surface area contributed by atoms with Crippen LogP contribution in [0.4, 0.5) is 0 Å². The molecular weight excluding hydrogens is 512 g/mol. The summed E-state index contributed by atoms with van der Waals surface area (Å²) in [5, 5.41) is 20.9. The molecule has 1 aliphatic rings. The maximum absolute atomic E-state index is 13.1. The first-order chi connectivity index (χ1) is 19.6. The molecule has 190 valence electrons. The zero-order chi connectivity index (χ0) is 27.6. The van der Waals surface area contributed by atoms with E-state index in [1.807, 2.05) is 103 Å². The van der Waals surface area contributed by atoms with Crippen molar-refractivity contribution in [3.63, 3.8) is 0 Å². The summed E-state index contributed by atoms with van der Waals surface area (Å²) >= 11 is 1.01. The van der Waals surface area contributed by atoms with Gasteiger partial charge in [0.25, 0.3) is 0 Å². The fraction of sp³-hybridized carbons (Fsp3) is 0.0294. The number of fused-ring (bicyclic) bond motifs is 1. The van der Waals surface area contributed by atoms with Gasteiger partial charge < -0.3 is 5.73 Å². The van der Waals surface area contributed by atoms with Crippen LogP contribution >= 0.6 is 11.3 Å². The topological polar surface area (TPSA) is 95.6 Å². The molecule has 0 aliphatic carbocycles. The molecule has 40 heavy (non-hydrogen) atoms. The van der Waals surface area contributed by atoms with Gasteiger partial charge in [0, 0.05) is 0 Å². The van der Waals surface area contributed by atoms with E-state index >= 15 is 0 Å². The monoisotopic (exact) mass is 534 g/mol. The zero-order valence-corrected chi connectivity index (χ0v) is 22.1. The molecule has 0 spiro atoms. The van der Waals surface area contributed by atoms with E-state index in [1.54, 1.807) is 0 Å². The second-order valence-electron chi connectivity index (χ2n) is 9.41. The van der Waals surface area contributed by atoms with Crippen molar-refractivity contribution in [2.24, 2.45) is 5.73 Å². The van der Waals surface area contributed by atoms with Gasteiger partial charge in [0.15, 0.2) is 0 Å². The predicted molar refractivity (Wildman–Crippen MR) is 160 cm³/mol. The normalized spacial score (nSPS) is 14.9. The Bertz CT molecular complexity index is 2020. The highest BCUT2D eigenvalue weighted by Crippen LogP contribution is 2.36. The van der Waals surface area contributed by atoms with Crippen LogP contribution in [0.1, 0.15) is 17.0 Å². The summed E-state index contributed by atoms with van der Waals surface area (Å²) in [7, 11) is 0. The molecule has 5 nitrogen and oxygen atoms in total. The van der Waals surface area contributed by atoms with Crippen molar-refractivity contribution in [2.45, 2.75) is 5.92 Å². The van der Waals surface area contributed by atoms with E-state index in [9.17, 15) is 15.3 Å². The Labute approximate surface area is 234 Å². The van der Waals surface area contributed by atoms with Gasteiger partial charge in [-0.1, -0.05) is 121 Å². The molecule has 0 saturated carbocycles. The van der Waals surface area contributed by atoms with Crippen molar-refractivity contribution >= 4 is 28.8 Å². The second-order valence-corrected chi connectivity index (χ2v) is 10.4. The highest BCUT2D eigenvalue weighted by atomic mass is 32.1. The molecule has 5 aromatic rings. The summed E-state index contributed by atoms with van der Waals surface area (Å²) in [6.07, 6.45) is 1.89. The second kappa shape index (κ2) is 10.4. The van der Waals surface area contributed by atoms with Crippen LogP contribution in [0.3, 0.4) is 0 Å². The summed E-state index contributed by atoms with van der Waals surface area (Å²) in [5.41, 5.74) is 12.9. The molecule has 0 radical (unpaired) electrons. The molecular formula is C34H22N4OS. The first kappa shape index (κ1) is 24.9. The standard InChI is InChI=1S/C34H22N4OS/c35-20-28-31(27-17-15-26(16-18-27)24-9-5-2-6-10-24)29(21-36)33(37)38-32(28)30(40-34(38)39)19-22-11-13-25(14-12-22)23-7-3-1-4-8-23/h1-19,31H,37H2/b30-19-. The Morgan fingerprint density at radius 3 is 1.73 bits per heavy atom. The van der Waals surface area contributed by atoms with Crippen molar-refractivity contribution < 1.29 is 0 Å². The lowest BCUT2D eigenvalue weighted by molar-refractivity contribution is 0.901. The number of thiazole rings is 1. The van der Waals surface area contributed by atoms with Crippen molar-refractivity contribution in [1.29, 1.82) is 10.5 Å². The van der Waals surface area contributed by atoms with Crippen LogP contribution < -0.4 is 20.5 Å². The zero-order valence-electron chi connectivity index (χ0n) is 21.3. The van der Waals surface area contributed by atoms with Crippen molar-refractivity contribution in [1.82, 2.24) is 4.57 Å². The van der Waals surface area contributed by atoms with Crippen molar-refractivity contribution in [3.8, 4) is 34.4 Å². The number of nitriles is 2. The lowest BCUT2D eigenvalue weighted by Gasteiger charge is -2.23. The van der Waals surface area contributed by atoms with Crippen LogP contribution in [0.2, 0.25) is 0 Å². The third-order valence-electron chi connectivity index (χ3n) is 7.09. The van der Waals surface area contributed by atoms with Crippen LogP contribution in [-0.4, -0.2) is 4.57 Å². The molecule has 1 atom stereocenters. The molecule has 1 aliphatic heterocycles. The Hall–Kier alpha value is -5.43. The number of rotatable bonds is 4. The molecule has 2 heterocycles. The Kier molecular flexibility index (Phi) is 6.46. The molecule has 2 N–H and O–H groups in total. The van der Waals surface area contributed by atoms with Crippen molar-refractivity contribution in [2.75, 3.05) is 0 Å². The molecule has 1 aromatic heterocycles. The summed E-state index contributed by atoms with van der Waals surface area (Å²) in [6.45, 7) is 0. The van der Waals surface area contributed by atoms with Gasteiger partial charge in [-0.05, 0) is 39.5 Å². The van der Waals surface area contributed by atoms with Gasteiger partial charge in [-0.2, -0.15) is 10.5 Å². The molecule has 0 amide bonds. The van der Waals surface area contributed by atoms with Gasteiger partial charge in [-0.15, -0.1) is 0 Å². The first-order valence-corrected chi connectivity index (χ1v) is 13.5. The Morgan fingerprint density at radius 2 is 1.20 bits per heavy atom. The quantitative estimate of drug-likeness (QED) is 0.343. The third kappa shape index (κ3) is 4.33. The largest absolute Gasteiger partial charge is 0.384 e. The average Bonchev–Trinajstić information content (AvgIpc) is 3.34. The van der Waals surface area contributed by atoms with Gasteiger partial charge in [-0.3, -0.25) is 9.36 Å². The molecule has 1 unspecified atom stereocenters. The van der Waals surface area contributed by atoms with Gasteiger partial charge in [0.2, 0.25) is 0 Å². The number of aromatic nitrogens is 1. The van der Waals surface area contributed by atoms with Gasteiger partial charge in [0.1, 0.15) is 5.82 Å². The first-order valence-electron chi connectivity index (χ1n) is 12.7. The summed E-state index contributed by atoms with van der Waals surface area (Å²) in [6, 6.07) is 40.4. The van der Waals surface area contributed by atoms with E-state index < -0.39 is 5.92 Å². The molecule has 6 rings (SSSR count). The van der Waals surface area contributed by atoms with Gasteiger partial charge in [0.05, 0.1) is 39.1 Å². The molecule has 0 saturated heterocycles. The predicted octanol–water partition coefficient (Wildman–Crippen LogP) is 5.20. The summed E-state index contributed by atoms with van der Waals surface area (Å²) < 4.78 is 1.93. The van der Waals surface area contributed by atoms with Crippen molar-refractivity contribution in [3.05, 3.63) is 145 Å². The maximum Gasteiger partial charge on any atom is 0.313 e. The lowest BCUT2D eigenvalue weighted by Crippen LogP contribution is -2.41. The van der Waals surface area contributed by atoms with Crippen LogP contribution in [0.5, 0.6) is 0 Å². The number of nitrogens with two attached hydrogens (primary N) is 1. The smallest absolute Gasteiger partial charge is 0.313 e. The van der Waals surface area contributed by atoms with E-state index in [1.165, 1.54) is 4.57 Å². The van der Waals surface area contributed by atoms with Crippen LogP contribution in [0.15, 0.2) is 120 Å². The number of hydrogen-bond acceptors (Lipinski definition) is 5. The minimum absolute atomic E-state index is 0.0639. The lowest BCUT2D eigenvalue weighted by atomic mass is 9.83. The molecule has 0 bridgehead atoms. The van der Waals surface area contributed by atoms with Crippen LogP contribution in [-0.2, 0) is 0 Å². The SMILES string of the molecule is N#CC1=C(N)n2c(=O)s/c(=C\c3ccc(-c4ccccc4)cc3)c2=C(C#N)C1c1ccc(-c2ccccc2)cc1. The minimum Gasteiger partial charge on any atom is -0.384 e. The minimum atomic E-state index is -0.679. The van der Waals surface area contributed by atoms with E-state index in [2.05, 4.69) is 24.3 Å². The highest BCUT2D eigenvalue weighted by molar-refractivity contribution is 7.07. The fourth-order valence-electron chi connectivity index (χ4n) is 5.13. The number of hydrogen-bond donors (Lipinski definition) is 1. The number of benzene rings is 4. The Balaban J connectivity index is 1.50. The average molecular weight is 535 g/mol. The highest BCUT2D eigenvalue weighted by Gasteiger charge is 2.32. The number of allylic oxidation sites excluding steroid dienone is 1. The van der Waals surface area contributed by atoms with Gasteiger partial charge >= 0.3 is 4.87 Å². The van der Waals surface area contributed by atoms with Crippen LogP contribution in [0, 0.1) is 22.7 Å². The van der Waals surface area contributed by atoms with Crippen LogP contribution in [0.25, 0.3) is 39.7 Å². The van der Waals surface area contributed by atoms with E-state index in [0.29, 0.717) is 15.5 Å². The van der Waals surface area contributed by atoms with E-state index in [4.69, 9.17) is 5.73 Å². The summed E-state index contributed by atoms with van der Waals surface area (Å²) in [4.78, 5) is 12.8. The van der Waals surface area contributed by atoms with E-state index in [0.717, 1.165) is 44.7 Å². The molecule has 0 fully saturated rings. The number of nitrogens with zero attached hydrogens (tertiary/aromatic N) is 3. The molecule has 6 heteroatoms. The van der Waals surface area contributed by atoms with E-state index in [-0.39, 0.29) is 16.3 Å². The third-order valence-corrected chi connectivity index (χ3v) is 7.98. The maximum atomic E-state index is 13.1. The molecule has 4 aromatic carbocycles. The fourth-order valence-corrected chi connectivity index (χ4v) is 6.10.